The molecule has 0 radical (unpaired) electrons. The van der Waals surface area contributed by atoms with Crippen LogP contribution in [-0.2, 0) is 0 Å². The van der Waals surface area contributed by atoms with E-state index in [-0.39, 0.29) is 11.3 Å². The first-order chi connectivity index (χ1) is 10.7. The van der Waals surface area contributed by atoms with Gasteiger partial charge in [0, 0.05) is 11.8 Å². The van der Waals surface area contributed by atoms with E-state index in [1.165, 1.54) is 5.57 Å². The van der Waals surface area contributed by atoms with Crippen molar-refractivity contribution in [3.8, 4) is 0 Å². The lowest BCUT2D eigenvalue weighted by molar-refractivity contribution is 0.102. The number of benzene rings is 1. The van der Waals surface area contributed by atoms with Crippen LogP contribution in [0.15, 0.2) is 48.7 Å². The van der Waals surface area contributed by atoms with Gasteiger partial charge < -0.3 is 5.32 Å². The van der Waals surface area contributed by atoms with Gasteiger partial charge in [-0.25, -0.2) is 4.98 Å². The Kier molecular flexibility index (Phi) is 4.99. The molecule has 0 aliphatic heterocycles. The monoisotopic (exact) mass is 308 g/mol. The Balaban J connectivity index is 2.13. The molecule has 2 aromatic rings. The molecule has 0 unspecified atom stereocenters. The minimum atomic E-state index is -0.146. The van der Waals surface area contributed by atoms with Crippen LogP contribution in [-0.4, -0.2) is 10.9 Å². The highest BCUT2D eigenvalue weighted by Gasteiger charge is 2.09. The summed E-state index contributed by atoms with van der Waals surface area (Å²) in [4.78, 5) is 16.4. The van der Waals surface area contributed by atoms with E-state index >= 15 is 0 Å². The van der Waals surface area contributed by atoms with Crippen molar-refractivity contribution in [3.05, 3.63) is 65.4 Å². The standard InChI is InChI=1S/C20H24N2O/c1-14-10-11-21-18(12-14)22-19(23)17-8-6-16(7-9-17)15(2)13-20(3,4)5/h6-13H,1-5H3,(H,21,22,23). The smallest absolute Gasteiger partial charge is 0.256 e. The lowest BCUT2D eigenvalue weighted by Crippen LogP contribution is -2.12. The molecule has 0 aliphatic rings. The molecule has 0 aliphatic carbocycles. The number of hydrogen-bond donors (Lipinski definition) is 1. The number of rotatable bonds is 3. The maximum Gasteiger partial charge on any atom is 0.256 e. The molecule has 0 spiro atoms. The number of anilines is 1. The van der Waals surface area contributed by atoms with Gasteiger partial charge in [0.05, 0.1) is 0 Å². The predicted molar refractivity (Wildman–Crippen MR) is 96.5 cm³/mol. The van der Waals surface area contributed by atoms with E-state index in [0.29, 0.717) is 11.4 Å². The summed E-state index contributed by atoms with van der Waals surface area (Å²) in [7, 11) is 0. The number of nitrogens with zero attached hydrogens (tertiary/aromatic N) is 1. The minimum Gasteiger partial charge on any atom is -0.307 e. The van der Waals surface area contributed by atoms with E-state index in [1.54, 1.807) is 6.20 Å². The molecular weight excluding hydrogens is 284 g/mol. The number of carbonyl (C=O) groups excluding carboxylic acids is 1. The zero-order valence-corrected chi connectivity index (χ0v) is 14.5. The van der Waals surface area contributed by atoms with Gasteiger partial charge in [-0.2, -0.15) is 0 Å². The topological polar surface area (TPSA) is 42.0 Å². The molecule has 3 heteroatoms. The van der Waals surface area contributed by atoms with Crippen LogP contribution in [0.1, 0.15) is 49.2 Å². The molecule has 120 valence electrons. The van der Waals surface area contributed by atoms with Gasteiger partial charge in [-0.1, -0.05) is 39.0 Å². The van der Waals surface area contributed by atoms with Crippen LogP contribution in [0.3, 0.4) is 0 Å². The fraction of sp³-hybridized carbons (Fsp3) is 0.300. The first-order valence-electron chi connectivity index (χ1n) is 7.78. The molecule has 0 saturated heterocycles. The summed E-state index contributed by atoms with van der Waals surface area (Å²) >= 11 is 0. The van der Waals surface area contributed by atoms with Gasteiger partial charge in [-0.3, -0.25) is 4.79 Å². The van der Waals surface area contributed by atoms with Crippen molar-refractivity contribution in [2.75, 3.05) is 5.32 Å². The zero-order chi connectivity index (χ0) is 17.0. The van der Waals surface area contributed by atoms with Crippen LogP contribution in [0.2, 0.25) is 0 Å². The van der Waals surface area contributed by atoms with E-state index in [9.17, 15) is 4.79 Å². The molecule has 2 rings (SSSR count). The van der Waals surface area contributed by atoms with Gasteiger partial charge in [-0.05, 0) is 60.2 Å². The molecule has 0 bridgehead atoms. The average molecular weight is 308 g/mol. The van der Waals surface area contributed by atoms with E-state index in [1.807, 2.05) is 43.3 Å². The van der Waals surface area contributed by atoms with Crippen LogP contribution in [0.25, 0.3) is 5.57 Å². The Morgan fingerprint density at radius 2 is 1.70 bits per heavy atom. The summed E-state index contributed by atoms with van der Waals surface area (Å²) in [5.41, 5.74) is 4.17. The van der Waals surface area contributed by atoms with Crippen molar-refractivity contribution < 1.29 is 4.79 Å². The number of pyridine rings is 1. The zero-order valence-electron chi connectivity index (χ0n) is 14.5. The molecule has 0 atom stereocenters. The van der Waals surface area contributed by atoms with Gasteiger partial charge in [0.1, 0.15) is 5.82 Å². The fourth-order valence-electron chi connectivity index (χ4n) is 2.41. The SMILES string of the molecule is CC(=CC(C)(C)C)c1ccc(C(=O)Nc2cc(C)ccn2)cc1. The largest absolute Gasteiger partial charge is 0.307 e. The van der Waals surface area contributed by atoms with Crippen LogP contribution < -0.4 is 5.32 Å². The predicted octanol–water partition coefficient (Wildman–Crippen LogP) is 5.09. The van der Waals surface area contributed by atoms with Crippen molar-refractivity contribution in [2.45, 2.75) is 34.6 Å². The van der Waals surface area contributed by atoms with Gasteiger partial charge in [-0.15, -0.1) is 0 Å². The minimum absolute atomic E-state index is 0.136. The van der Waals surface area contributed by atoms with E-state index < -0.39 is 0 Å². The number of amides is 1. The Labute approximate surface area is 138 Å². The van der Waals surface area contributed by atoms with Crippen LogP contribution in [0.5, 0.6) is 0 Å². The second-order valence-electron chi connectivity index (χ2n) is 6.94. The molecule has 0 fully saturated rings. The first-order valence-corrected chi connectivity index (χ1v) is 7.78. The third kappa shape index (κ3) is 5.06. The summed E-state index contributed by atoms with van der Waals surface area (Å²) in [6.45, 7) is 10.6. The van der Waals surface area contributed by atoms with Crippen molar-refractivity contribution in [1.29, 1.82) is 0 Å². The highest BCUT2D eigenvalue weighted by Crippen LogP contribution is 2.23. The molecule has 1 heterocycles. The Morgan fingerprint density at radius 3 is 2.26 bits per heavy atom. The maximum atomic E-state index is 12.3. The Hall–Kier alpha value is -2.42. The molecule has 23 heavy (non-hydrogen) atoms. The number of nitrogens with one attached hydrogen (secondary N) is 1. The van der Waals surface area contributed by atoms with E-state index in [2.05, 4.69) is 44.1 Å². The number of aromatic nitrogens is 1. The highest BCUT2D eigenvalue weighted by molar-refractivity contribution is 6.03. The average Bonchev–Trinajstić information content (AvgIpc) is 2.45. The molecule has 1 N–H and O–H groups in total. The van der Waals surface area contributed by atoms with Crippen LogP contribution in [0.4, 0.5) is 5.82 Å². The summed E-state index contributed by atoms with van der Waals surface area (Å²) in [6.07, 6.45) is 3.92. The fourth-order valence-corrected chi connectivity index (χ4v) is 2.41. The molecule has 3 nitrogen and oxygen atoms in total. The van der Waals surface area contributed by atoms with Gasteiger partial charge in [0.25, 0.3) is 5.91 Å². The number of aryl methyl sites for hydroxylation is 1. The van der Waals surface area contributed by atoms with Gasteiger partial charge in [0.2, 0.25) is 0 Å². The van der Waals surface area contributed by atoms with Gasteiger partial charge >= 0.3 is 0 Å². The van der Waals surface area contributed by atoms with Crippen LogP contribution in [0, 0.1) is 12.3 Å². The van der Waals surface area contributed by atoms with Crippen LogP contribution >= 0.6 is 0 Å². The summed E-state index contributed by atoms with van der Waals surface area (Å²) in [5, 5.41) is 2.82. The lowest BCUT2D eigenvalue weighted by Gasteiger charge is -2.14. The van der Waals surface area contributed by atoms with Gasteiger partial charge in [0.15, 0.2) is 0 Å². The summed E-state index contributed by atoms with van der Waals surface area (Å²) < 4.78 is 0. The third-order valence-corrected chi connectivity index (χ3v) is 3.41. The van der Waals surface area contributed by atoms with Crippen molar-refractivity contribution in [3.63, 3.8) is 0 Å². The second-order valence-corrected chi connectivity index (χ2v) is 6.94. The van der Waals surface area contributed by atoms with Crippen molar-refractivity contribution in [1.82, 2.24) is 4.98 Å². The summed E-state index contributed by atoms with van der Waals surface area (Å²) in [5.74, 6) is 0.426. The van der Waals surface area contributed by atoms with Crippen molar-refractivity contribution in [2.24, 2.45) is 5.41 Å². The normalized spacial score (nSPS) is 12.1. The molecule has 1 aromatic heterocycles. The molecular formula is C20H24N2O. The highest BCUT2D eigenvalue weighted by atomic mass is 16.1. The third-order valence-electron chi connectivity index (χ3n) is 3.41. The number of hydrogen-bond acceptors (Lipinski definition) is 2. The molecule has 0 saturated carbocycles. The summed E-state index contributed by atoms with van der Waals surface area (Å²) in [6, 6.07) is 11.4. The Bertz CT molecular complexity index is 722. The molecule has 1 aromatic carbocycles. The van der Waals surface area contributed by atoms with E-state index in [0.717, 1.165) is 11.1 Å². The first kappa shape index (κ1) is 16.9. The number of carbonyl (C=O) groups is 1. The van der Waals surface area contributed by atoms with E-state index in [4.69, 9.17) is 0 Å². The quantitative estimate of drug-likeness (QED) is 0.858. The Morgan fingerprint density at radius 1 is 1.09 bits per heavy atom. The number of allylic oxidation sites excluding steroid dienone is 2. The maximum absolute atomic E-state index is 12.3. The van der Waals surface area contributed by atoms with Crippen molar-refractivity contribution >= 4 is 17.3 Å². The molecule has 1 amide bonds. The lowest BCUT2D eigenvalue weighted by atomic mass is 9.91. The second kappa shape index (κ2) is 6.78.